The molecule has 2 aromatic heterocycles. The highest BCUT2D eigenvalue weighted by Gasteiger charge is 2.28. The molecule has 0 bridgehead atoms. The van der Waals surface area contributed by atoms with Crippen molar-refractivity contribution < 1.29 is 4.42 Å². The van der Waals surface area contributed by atoms with E-state index in [0.717, 1.165) is 55.7 Å². The molecule has 0 radical (unpaired) electrons. The second-order valence-electron chi connectivity index (χ2n) is 15.1. The van der Waals surface area contributed by atoms with Gasteiger partial charge in [-0.3, -0.25) is 0 Å². The Morgan fingerprint density at radius 3 is 1.78 bits per heavy atom. The molecule has 0 fully saturated rings. The fourth-order valence-corrected chi connectivity index (χ4v) is 10.4. The van der Waals surface area contributed by atoms with Crippen LogP contribution in [-0.2, 0) is 0 Å². The molecule has 0 aliphatic heterocycles. The molecule has 0 unspecified atom stereocenters. The average Bonchev–Trinajstić information content (AvgIpc) is 3.89. The molecular weight excluding hydrogens is 735 g/mol. The number of furan rings is 1. The number of rotatable bonds is 6. The number of benzene rings is 10. The minimum absolute atomic E-state index is 0.888. The summed E-state index contributed by atoms with van der Waals surface area (Å²) in [5.74, 6) is 0. The second-order valence-corrected chi connectivity index (χ2v) is 16.2. The van der Waals surface area contributed by atoms with Gasteiger partial charge in [0, 0.05) is 53.0 Å². The van der Waals surface area contributed by atoms with Crippen LogP contribution in [0.15, 0.2) is 217 Å². The topological polar surface area (TPSA) is 16.4 Å². The van der Waals surface area contributed by atoms with Gasteiger partial charge in [0.15, 0.2) is 0 Å². The minimum Gasteiger partial charge on any atom is -0.455 e. The van der Waals surface area contributed by atoms with Gasteiger partial charge in [0.05, 0.1) is 17.1 Å². The standard InChI is InChI=1S/C56H35NOS/c1-2-17-36(18-3-1)37-19-14-20-38(35-37)53-43-25-6-4-21-39(43)40-22-5-7-26-44(40)55(53)57(49-31-16-34-52-54(49)47-27-10-13-33-51(47)59-52)48-30-11-8-23-41(48)45-28-15-29-46-42-24-9-12-32-50(42)58-56(45)46/h1-35H. The summed E-state index contributed by atoms with van der Waals surface area (Å²) in [6, 6.07) is 77.1. The first-order valence-corrected chi connectivity index (χ1v) is 20.9. The van der Waals surface area contributed by atoms with Crippen molar-refractivity contribution in [2.24, 2.45) is 0 Å². The lowest BCUT2D eigenvalue weighted by Gasteiger charge is -2.32. The van der Waals surface area contributed by atoms with E-state index in [4.69, 9.17) is 4.42 Å². The second kappa shape index (κ2) is 13.6. The smallest absolute Gasteiger partial charge is 0.143 e. The largest absolute Gasteiger partial charge is 0.455 e. The quantitative estimate of drug-likeness (QED) is 0.157. The normalized spacial score (nSPS) is 11.7. The lowest BCUT2D eigenvalue weighted by Crippen LogP contribution is -2.14. The highest BCUT2D eigenvalue weighted by molar-refractivity contribution is 7.26. The van der Waals surface area contributed by atoms with Gasteiger partial charge in [-0.25, -0.2) is 0 Å². The van der Waals surface area contributed by atoms with Crippen molar-refractivity contribution in [1.82, 2.24) is 0 Å². The van der Waals surface area contributed by atoms with Crippen molar-refractivity contribution in [3.05, 3.63) is 212 Å². The third-order valence-electron chi connectivity index (χ3n) is 11.8. The molecule has 0 saturated carbocycles. The number of fused-ring (bicyclic) bond motifs is 9. The summed E-state index contributed by atoms with van der Waals surface area (Å²) in [6.07, 6.45) is 0. The maximum absolute atomic E-state index is 6.76. The lowest BCUT2D eigenvalue weighted by atomic mass is 9.88. The van der Waals surface area contributed by atoms with E-state index in [-0.39, 0.29) is 0 Å². The summed E-state index contributed by atoms with van der Waals surface area (Å²) in [5.41, 5.74) is 12.0. The van der Waals surface area contributed by atoms with Gasteiger partial charge >= 0.3 is 0 Å². The number of para-hydroxylation sites is 3. The zero-order valence-electron chi connectivity index (χ0n) is 32.0. The molecule has 276 valence electrons. The van der Waals surface area contributed by atoms with Crippen molar-refractivity contribution in [1.29, 1.82) is 0 Å². The highest BCUT2D eigenvalue weighted by atomic mass is 32.1. The van der Waals surface area contributed by atoms with Crippen molar-refractivity contribution in [3.63, 3.8) is 0 Å². The Balaban J connectivity index is 1.26. The molecule has 10 aromatic carbocycles. The Morgan fingerprint density at radius 1 is 0.356 bits per heavy atom. The van der Waals surface area contributed by atoms with Crippen LogP contribution >= 0.6 is 11.3 Å². The van der Waals surface area contributed by atoms with Crippen LogP contribution in [0.3, 0.4) is 0 Å². The molecule has 0 aliphatic rings. The number of hydrogen-bond acceptors (Lipinski definition) is 3. The van der Waals surface area contributed by atoms with E-state index < -0.39 is 0 Å². The van der Waals surface area contributed by atoms with E-state index in [1.54, 1.807) is 0 Å². The first kappa shape index (κ1) is 33.7. The Bertz CT molecular complexity index is 3580. The van der Waals surface area contributed by atoms with Crippen molar-refractivity contribution >= 4 is 92.1 Å². The van der Waals surface area contributed by atoms with Crippen LogP contribution in [-0.4, -0.2) is 0 Å². The SMILES string of the molecule is c1ccc(-c2cccc(-c3c(N(c4ccccc4-c4cccc5c4oc4ccccc45)c4cccc5sc6ccccc6c45)c4ccccc4c4ccccc34)c2)cc1. The molecule has 2 heterocycles. The molecular formula is C56H35NOS. The van der Waals surface area contributed by atoms with E-state index in [9.17, 15) is 0 Å². The molecule has 2 nitrogen and oxygen atoms in total. The fraction of sp³-hybridized carbons (Fsp3) is 0. The van der Waals surface area contributed by atoms with Crippen LogP contribution in [0.1, 0.15) is 0 Å². The van der Waals surface area contributed by atoms with Gasteiger partial charge < -0.3 is 9.32 Å². The minimum atomic E-state index is 0.888. The Hall–Kier alpha value is -7.46. The molecule has 0 N–H and O–H groups in total. The van der Waals surface area contributed by atoms with E-state index in [0.29, 0.717) is 0 Å². The van der Waals surface area contributed by atoms with Crippen LogP contribution in [0.5, 0.6) is 0 Å². The van der Waals surface area contributed by atoms with Crippen molar-refractivity contribution in [2.45, 2.75) is 0 Å². The first-order chi connectivity index (χ1) is 29.3. The van der Waals surface area contributed by atoms with Gasteiger partial charge in [-0.2, -0.15) is 0 Å². The monoisotopic (exact) mass is 769 g/mol. The van der Waals surface area contributed by atoms with Crippen LogP contribution in [0.2, 0.25) is 0 Å². The van der Waals surface area contributed by atoms with Gasteiger partial charge in [0.2, 0.25) is 0 Å². The van der Waals surface area contributed by atoms with E-state index in [1.165, 1.54) is 58.4 Å². The predicted molar refractivity (Wildman–Crippen MR) is 253 cm³/mol. The van der Waals surface area contributed by atoms with Gasteiger partial charge in [-0.05, 0) is 69.2 Å². The predicted octanol–water partition coefficient (Wildman–Crippen LogP) is 16.7. The molecule has 12 aromatic rings. The summed E-state index contributed by atoms with van der Waals surface area (Å²) in [5, 5.41) is 9.55. The average molecular weight is 770 g/mol. The first-order valence-electron chi connectivity index (χ1n) is 20.1. The molecule has 3 heteroatoms. The van der Waals surface area contributed by atoms with Crippen LogP contribution in [0.25, 0.3) is 97.0 Å². The third-order valence-corrected chi connectivity index (χ3v) is 13.0. The van der Waals surface area contributed by atoms with Crippen LogP contribution in [0, 0.1) is 0 Å². The number of thiophene rings is 1. The molecule has 0 spiro atoms. The van der Waals surface area contributed by atoms with Crippen molar-refractivity contribution in [2.75, 3.05) is 4.90 Å². The summed E-state index contributed by atoms with van der Waals surface area (Å²) in [6.45, 7) is 0. The molecule has 0 saturated heterocycles. The van der Waals surface area contributed by atoms with Gasteiger partial charge in [0.1, 0.15) is 11.2 Å². The Morgan fingerprint density at radius 2 is 0.915 bits per heavy atom. The Kier molecular flexibility index (Phi) is 7.75. The number of anilines is 3. The van der Waals surface area contributed by atoms with E-state index >= 15 is 0 Å². The molecule has 59 heavy (non-hydrogen) atoms. The zero-order valence-corrected chi connectivity index (χ0v) is 32.8. The number of hydrogen-bond donors (Lipinski definition) is 0. The van der Waals surface area contributed by atoms with E-state index in [2.05, 4.69) is 211 Å². The summed E-state index contributed by atoms with van der Waals surface area (Å²) in [7, 11) is 0. The van der Waals surface area contributed by atoms with Crippen molar-refractivity contribution in [3.8, 4) is 33.4 Å². The van der Waals surface area contributed by atoms with E-state index in [1.807, 2.05) is 17.4 Å². The Labute approximate surface area is 345 Å². The third kappa shape index (κ3) is 5.33. The van der Waals surface area contributed by atoms with Gasteiger partial charge in [-0.15, -0.1) is 11.3 Å². The molecule has 0 atom stereocenters. The molecule has 0 amide bonds. The van der Waals surface area contributed by atoms with Gasteiger partial charge in [-0.1, -0.05) is 176 Å². The summed E-state index contributed by atoms with van der Waals surface area (Å²) < 4.78 is 9.28. The molecule has 12 rings (SSSR count). The maximum atomic E-state index is 6.76. The summed E-state index contributed by atoms with van der Waals surface area (Å²) >= 11 is 1.85. The fourth-order valence-electron chi connectivity index (χ4n) is 9.30. The zero-order chi connectivity index (χ0) is 38.9. The maximum Gasteiger partial charge on any atom is 0.143 e. The number of nitrogens with zero attached hydrogens (tertiary/aromatic N) is 1. The lowest BCUT2D eigenvalue weighted by molar-refractivity contribution is 0.670. The highest BCUT2D eigenvalue weighted by Crippen LogP contribution is 2.54. The molecule has 0 aliphatic carbocycles. The van der Waals surface area contributed by atoms with Crippen LogP contribution in [0.4, 0.5) is 17.1 Å². The summed E-state index contributed by atoms with van der Waals surface area (Å²) in [4.78, 5) is 2.57. The van der Waals surface area contributed by atoms with Gasteiger partial charge in [0.25, 0.3) is 0 Å². The van der Waals surface area contributed by atoms with Crippen LogP contribution < -0.4 is 4.90 Å².